The van der Waals surface area contributed by atoms with Crippen LogP contribution in [0, 0.1) is 0 Å². The fourth-order valence-corrected chi connectivity index (χ4v) is 1.90. The maximum Gasteiger partial charge on any atom is 0.195 e. The van der Waals surface area contributed by atoms with E-state index < -0.39 is 37.3 Å². The number of hydrogen-bond acceptors (Lipinski definition) is 7. The zero-order valence-corrected chi connectivity index (χ0v) is 10.1. The number of nitrogen functional groups attached to an aromatic ring is 1. The average molecular weight is 271 g/mol. The number of ether oxygens (including phenoxy) is 2. The smallest absolute Gasteiger partial charge is 0.195 e. The van der Waals surface area contributed by atoms with Crippen LogP contribution in [0.5, 0.6) is 5.75 Å². The predicted octanol–water partition coefficient (Wildman–Crippen LogP) is -1.55. The molecular formula is C12H17NO6. The Morgan fingerprint density at radius 2 is 1.74 bits per heavy atom. The van der Waals surface area contributed by atoms with Crippen molar-refractivity contribution in [3.8, 4) is 5.75 Å². The van der Waals surface area contributed by atoms with Crippen LogP contribution in [0.15, 0.2) is 24.3 Å². The fraction of sp³-hybridized carbons (Fsp3) is 0.500. The van der Waals surface area contributed by atoms with Gasteiger partial charge >= 0.3 is 0 Å². The summed E-state index contributed by atoms with van der Waals surface area (Å²) in [4.78, 5) is 0. The molecule has 1 aromatic rings. The summed E-state index contributed by atoms with van der Waals surface area (Å²) in [6.45, 7) is -0.510. The molecule has 7 heteroatoms. The lowest BCUT2D eigenvalue weighted by Gasteiger charge is -2.39. The molecule has 1 aliphatic heterocycles. The van der Waals surface area contributed by atoms with Gasteiger partial charge in [0.1, 0.15) is 24.1 Å². The largest absolute Gasteiger partial charge is 0.482 e. The van der Waals surface area contributed by atoms with Crippen molar-refractivity contribution in [2.75, 3.05) is 12.3 Å². The molecule has 7 nitrogen and oxygen atoms in total. The average Bonchev–Trinajstić information content (AvgIpc) is 2.41. The quantitative estimate of drug-likeness (QED) is 0.421. The minimum atomic E-state index is -1.45. The molecule has 0 bridgehead atoms. The molecule has 1 aliphatic rings. The van der Waals surface area contributed by atoms with Gasteiger partial charge in [-0.1, -0.05) is 0 Å². The summed E-state index contributed by atoms with van der Waals surface area (Å²) in [5, 5.41) is 38.2. The van der Waals surface area contributed by atoms with Gasteiger partial charge in [0.15, 0.2) is 12.4 Å². The van der Waals surface area contributed by atoms with Gasteiger partial charge in [-0.2, -0.15) is 0 Å². The van der Waals surface area contributed by atoms with Crippen LogP contribution in [-0.2, 0) is 4.74 Å². The molecule has 1 heterocycles. The van der Waals surface area contributed by atoms with Gasteiger partial charge in [-0.15, -0.1) is 0 Å². The highest BCUT2D eigenvalue weighted by molar-refractivity contribution is 5.41. The molecule has 19 heavy (non-hydrogen) atoms. The lowest BCUT2D eigenvalue weighted by atomic mass is 9.99. The molecule has 1 unspecified atom stereocenters. The van der Waals surface area contributed by atoms with Gasteiger partial charge in [0.05, 0.1) is 6.61 Å². The molecular weight excluding hydrogens is 254 g/mol. The van der Waals surface area contributed by atoms with Gasteiger partial charge in [-0.3, -0.25) is 0 Å². The van der Waals surface area contributed by atoms with Crippen molar-refractivity contribution in [3.05, 3.63) is 24.3 Å². The van der Waals surface area contributed by atoms with Crippen molar-refractivity contribution in [2.45, 2.75) is 30.7 Å². The summed E-state index contributed by atoms with van der Waals surface area (Å²) >= 11 is 0. The highest BCUT2D eigenvalue weighted by Gasteiger charge is 2.45. The van der Waals surface area contributed by atoms with Crippen molar-refractivity contribution in [1.82, 2.24) is 0 Å². The van der Waals surface area contributed by atoms with E-state index in [4.69, 9.17) is 20.3 Å². The second-order valence-electron chi connectivity index (χ2n) is 4.38. The summed E-state index contributed by atoms with van der Waals surface area (Å²) in [5.41, 5.74) is 6.08. The SMILES string of the molecule is Nc1ccc(O[C@@H]2C(O)O[C@H](CO)[C@@H](O)[C@@H]2O)cc1. The molecule has 6 N–H and O–H groups in total. The Morgan fingerprint density at radius 3 is 2.32 bits per heavy atom. The molecule has 5 atom stereocenters. The molecule has 106 valence electrons. The lowest BCUT2D eigenvalue weighted by Crippen LogP contribution is -2.60. The van der Waals surface area contributed by atoms with E-state index in [0.29, 0.717) is 11.4 Å². The van der Waals surface area contributed by atoms with E-state index in [1.165, 1.54) is 0 Å². The van der Waals surface area contributed by atoms with Crippen LogP contribution in [0.1, 0.15) is 0 Å². The summed E-state index contributed by atoms with van der Waals surface area (Å²) in [5.74, 6) is 0.371. The Kier molecular flexibility index (Phi) is 4.23. The molecule has 0 saturated carbocycles. The van der Waals surface area contributed by atoms with E-state index in [1.54, 1.807) is 24.3 Å². The van der Waals surface area contributed by atoms with E-state index >= 15 is 0 Å². The van der Waals surface area contributed by atoms with Gasteiger partial charge in [0.2, 0.25) is 0 Å². The van der Waals surface area contributed by atoms with E-state index in [-0.39, 0.29) is 0 Å². The van der Waals surface area contributed by atoms with Crippen LogP contribution in [0.2, 0.25) is 0 Å². The Labute approximate surface area is 109 Å². The van der Waals surface area contributed by atoms with Gasteiger partial charge in [-0.05, 0) is 24.3 Å². The Hall–Kier alpha value is -1.38. The predicted molar refractivity (Wildman–Crippen MR) is 65.2 cm³/mol. The number of aliphatic hydroxyl groups is 4. The maximum atomic E-state index is 9.87. The highest BCUT2D eigenvalue weighted by atomic mass is 16.7. The molecule has 1 fully saturated rings. The van der Waals surface area contributed by atoms with Crippen LogP contribution in [0.3, 0.4) is 0 Å². The molecule has 0 amide bonds. The molecule has 1 aromatic carbocycles. The molecule has 0 aliphatic carbocycles. The van der Waals surface area contributed by atoms with Crippen molar-refractivity contribution >= 4 is 5.69 Å². The van der Waals surface area contributed by atoms with Crippen LogP contribution in [0.4, 0.5) is 5.69 Å². The number of benzene rings is 1. The summed E-state index contributed by atoms with van der Waals surface area (Å²) in [7, 11) is 0. The van der Waals surface area contributed by atoms with E-state index in [0.717, 1.165) is 0 Å². The van der Waals surface area contributed by atoms with Crippen LogP contribution < -0.4 is 10.5 Å². The van der Waals surface area contributed by atoms with Gasteiger partial charge in [-0.25, -0.2) is 0 Å². The summed E-state index contributed by atoms with van der Waals surface area (Å²) < 4.78 is 10.3. The van der Waals surface area contributed by atoms with Crippen molar-refractivity contribution in [2.24, 2.45) is 0 Å². The molecule has 0 radical (unpaired) electrons. The summed E-state index contributed by atoms with van der Waals surface area (Å²) in [6.07, 6.45) is -6.36. The number of nitrogens with two attached hydrogens (primary N) is 1. The lowest BCUT2D eigenvalue weighted by molar-refractivity contribution is -0.280. The third-order valence-corrected chi connectivity index (χ3v) is 2.99. The molecule has 0 aromatic heterocycles. The zero-order valence-electron chi connectivity index (χ0n) is 10.1. The van der Waals surface area contributed by atoms with Crippen molar-refractivity contribution in [3.63, 3.8) is 0 Å². The van der Waals surface area contributed by atoms with E-state index in [2.05, 4.69) is 0 Å². The van der Waals surface area contributed by atoms with Crippen LogP contribution in [0.25, 0.3) is 0 Å². The van der Waals surface area contributed by atoms with E-state index in [9.17, 15) is 15.3 Å². The topological polar surface area (TPSA) is 125 Å². The number of hydrogen-bond donors (Lipinski definition) is 5. The second kappa shape index (κ2) is 5.72. The van der Waals surface area contributed by atoms with Crippen LogP contribution in [-0.4, -0.2) is 57.7 Å². The molecule has 1 saturated heterocycles. The first kappa shape index (κ1) is 14.0. The van der Waals surface area contributed by atoms with Gasteiger partial charge in [0.25, 0.3) is 0 Å². The Balaban J connectivity index is 2.09. The Bertz CT molecular complexity index is 411. The van der Waals surface area contributed by atoms with Gasteiger partial charge < -0.3 is 35.6 Å². The van der Waals surface area contributed by atoms with Crippen LogP contribution >= 0.6 is 0 Å². The molecule has 2 rings (SSSR count). The monoisotopic (exact) mass is 271 g/mol. The summed E-state index contributed by atoms with van der Waals surface area (Å²) in [6, 6.07) is 6.34. The standard InChI is InChI=1S/C12H17NO6/c13-6-1-3-7(4-2-6)18-11-10(16)9(15)8(5-14)19-12(11)17/h1-4,8-12,14-17H,5,13H2/t8-,9-,10+,11+,12?/m1/s1. The minimum absolute atomic E-state index is 0.371. The first-order valence-corrected chi connectivity index (χ1v) is 5.85. The minimum Gasteiger partial charge on any atom is -0.482 e. The second-order valence-corrected chi connectivity index (χ2v) is 4.38. The number of rotatable bonds is 3. The third kappa shape index (κ3) is 2.96. The normalized spacial score (nSPS) is 35.1. The zero-order chi connectivity index (χ0) is 14.0. The van der Waals surface area contributed by atoms with Crippen molar-refractivity contribution < 1.29 is 29.9 Å². The first-order valence-electron chi connectivity index (χ1n) is 5.85. The fourth-order valence-electron chi connectivity index (χ4n) is 1.90. The number of aliphatic hydroxyl groups excluding tert-OH is 4. The van der Waals surface area contributed by atoms with Gasteiger partial charge in [0, 0.05) is 5.69 Å². The van der Waals surface area contributed by atoms with E-state index in [1.807, 2.05) is 0 Å². The first-order chi connectivity index (χ1) is 9.02. The highest BCUT2D eigenvalue weighted by Crippen LogP contribution is 2.24. The number of anilines is 1. The van der Waals surface area contributed by atoms with Crippen molar-refractivity contribution in [1.29, 1.82) is 0 Å². The third-order valence-electron chi connectivity index (χ3n) is 2.99. The Morgan fingerprint density at radius 1 is 1.11 bits per heavy atom. The maximum absolute atomic E-state index is 9.87. The molecule has 0 spiro atoms.